The van der Waals surface area contributed by atoms with Gasteiger partial charge >= 0.3 is 0 Å². The molecule has 0 bridgehead atoms. The van der Waals surface area contributed by atoms with Gasteiger partial charge in [0.15, 0.2) is 0 Å². The van der Waals surface area contributed by atoms with E-state index in [1.807, 2.05) is 42.2 Å². The van der Waals surface area contributed by atoms with Gasteiger partial charge in [-0.25, -0.2) is 0 Å². The van der Waals surface area contributed by atoms with Gasteiger partial charge in [-0.1, -0.05) is 41.9 Å². The van der Waals surface area contributed by atoms with Crippen molar-refractivity contribution in [3.05, 3.63) is 64.7 Å². The van der Waals surface area contributed by atoms with Crippen LogP contribution in [0.5, 0.6) is 0 Å². The molecular weight excluding hydrogens is 334 g/mol. The summed E-state index contributed by atoms with van der Waals surface area (Å²) in [7, 11) is 0. The highest BCUT2D eigenvalue weighted by atomic mass is 35.5. The zero-order valence-electron chi connectivity index (χ0n) is 14.2. The fraction of sp³-hybridized carbons (Fsp3) is 0.300. The number of likely N-dealkylation sites (tertiary alicyclic amines) is 1. The molecule has 3 rings (SSSR count). The molecule has 0 spiro atoms. The number of halogens is 1. The third kappa shape index (κ3) is 3.78. The Morgan fingerprint density at radius 3 is 2.64 bits per heavy atom. The first kappa shape index (κ1) is 17.3. The van der Waals surface area contributed by atoms with Crippen molar-refractivity contribution in [2.45, 2.75) is 25.9 Å². The van der Waals surface area contributed by atoms with E-state index in [0.29, 0.717) is 30.1 Å². The molecule has 1 heterocycles. The van der Waals surface area contributed by atoms with Crippen molar-refractivity contribution >= 4 is 23.2 Å². The summed E-state index contributed by atoms with van der Waals surface area (Å²) in [5, 5.41) is 9.54. The van der Waals surface area contributed by atoms with Gasteiger partial charge in [0.2, 0.25) is 5.91 Å². The molecule has 1 fully saturated rings. The lowest BCUT2D eigenvalue weighted by molar-refractivity contribution is -0.127. The number of nitriles is 1. The quantitative estimate of drug-likeness (QED) is 0.820. The Bertz CT molecular complexity index is 800. The van der Waals surface area contributed by atoms with Crippen LogP contribution in [0.15, 0.2) is 48.5 Å². The van der Waals surface area contributed by atoms with Crippen LogP contribution in [-0.4, -0.2) is 29.9 Å². The molecule has 1 aliphatic rings. The molecule has 4 nitrogen and oxygen atoms in total. The SMILES string of the molecule is CCN1C[C@@H](N(Cc2ccccc2)c2ccc(C#N)c(Cl)c2)CC1=O. The van der Waals surface area contributed by atoms with E-state index in [9.17, 15) is 4.79 Å². The van der Waals surface area contributed by atoms with E-state index in [1.54, 1.807) is 6.07 Å². The molecule has 0 radical (unpaired) electrons. The standard InChI is InChI=1S/C20H20ClN3O/c1-2-23-14-18(11-20(23)25)24(13-15-6-4-3-5-7-15)17-9-8-16(12-22)19(21)10-17/h3-10,18H,2,11,13-14H2,1H3/t18-/m0/s1. The summed E-state index contributed by atoms with van der Waals surface area (Å²) in [5.74, 6) is 0.185. The van der Waals surface area contributed by atoms with E-state index < -0.39 is 0 Å². The van der Waals surface area contributed by atoms with Crippen LogP contribution in [-0.2, 0) is 11.3 Å². The number of anilines is 1. The minimum absolute atomic E-state index is 0.0941. The number of carbonyl (C=O) groups excluding carboxylic acids is 1. The number of likely N-dealkylation sites (N-methyl/N-ethyl adjacent to an activating group) is 1. The average Bonchev–Trinajstić information content (AvgIpc) is 3.01. The summed E-state index contributed by atoms with van der Waals surface area (Å²) in [6.07, 6.45) is 0.498. The number of hydrogen-bond acceptors (Lipinski definition) is 3. The highest BCUT2D eigenvalue weighted by Gasteiger charge is 2.33. The molecule has 25 heavy (non-hydrogen) atoms. The van der Waals surface area contributed by atoms with Gasteiger partial charge in [-0.2, -0.15) is 5.26 Å². The van der Waals surface area contributed by atoms with Crippen molar-refractivity contribution in [1.29, 1.82) is 5.26 Å². The van der Waals surface area contributed by atoms with Gasteiger partial charge < -0.3 is 9.80 Å². The van der Waals surface area contributed by atoms with Crippen molar-refractivity contribution in [3.63, 3.8) is 0 Å². The topological polar surface area (TPSA) is 47.3 Å². The monoisotopic (exact) mass is 353 g/mol. The Morgan fingerprint density at radius 2 is 2.04 bits per heavy atom. The summed E-state index contributed by atoms with van der Waals surface area (Å²) in [6, 6.07) is 17.8. The van der Waals surface area contributed by atoms with Crippen LogP contribution < -0.4 is 4.90 Å². The predicted octanol–water partition coefficient (Wildman–Crippen LogP) is 3.84. The van der Waals surface area contributed by atoms with E-state index >= 15 is 0 Å². The van der Waals surface area contributed by atoms with Crippen LogP contribution in [0.25, 0.3) is 0 Å². The summed E-state index contributed by atoms with van der Waals surface area (Å²) in [6.45, 7) is 4.13. The maximum absolute atomic E-state index is 12.2. The second-order valence-corrected chi connectivity index (χ2v) is 6.59. The Hall–Kier alpha value is -2.51. The second-order valence-electron chi connectivity index (χ2n) is 6.18. The number of carbonyl (C=O) groups is 1. The van der Waals surface area contributed by atoms with Gasteiger partial charge in [-0.15, -0.1) is 0 Å². The van der Waals surface area contributed by atoms with Gasteiger partial charge in [0.05, 0.1) is 16.6 Å². The molecule has 2 aromatic carbocycles. The van der Waals surface area contributed by atoms with E-state index in [4.69, 9.17) is 16.9 Å². The lowest BCUT2D eigenvalue weighted by Gasteiger charge is -2.31. The Labute approximate surface area is 153 Å². The number of hydrogen-bond donors (Lipinski definition) is 0. The van der Waals surface area contributed by atoms with Crippen LogP contribution in [0, 0.1) is 11.3 Å². The molecule has 5 heteroatoms. The molecule has 0 aliphatic carbocycles. The van der Waals surface area contributed by atoms with Crippen LogP contribution in [0.1, 0.15) is 24.5 Å². The summed E-state index contributed by atoms with van der Waals surface area (Å²) >= 11 is 6.24. The molecule has 1 saturated heterocycles. The molecule has 1 atom stereocenters. The predicted molar refractivity (Wildman–Crippen MR) is 99.5 cm³/mol. The lowest BCUT2D eigenvalue weighted by atomic mass is 10.1. The second kappa shape index (κ2) is 7.58. The molecular formula is C20H20ClN3O. The summed E-state index contributed by atoms with van der Waals surface area (Å²) in [4.78, 5) is 16.3. The molecule has 2 aromatic rings. The van der Waals surface area contributed by atoms with Crippen LogP contribution in [0.3, 0.4) is 0 Å². The number of benzene rings is 2. The third-order valence-electron chi connectivity index (χ3n) is 4.62. The Morgan fingerprint density at radius 1 is 1.28 bits per heavy atom. The van der Waals surface area contributed by atoms with Crippen LogP contribution >= 0.6 is 11.6 Å². The van der Waals surface area contributed by atoms with Gasteiger partial charge in [0.1, 0.15) is 6.07 Å². The van der Waals surface area contributed by atoms with Crippen molar-refractivity contribution in [1.82, 2.24) is 4.90 Å². The van der Waals surface area contributed by atoms with Gasteiger partial charge in [-0.05, 0) is 30.7 Å². The van der Waals surface area contributed by atoms with Crippen LogP contribution in [0.4, 0.5) is 5.69 Å². The van der Waals surface area contributed by atoms with Crippen LogP contribution in [0.2, 0.25) is 5.02 Å². The normalized spacial score (nSPS) is 16.8. The first-order valence-corrected chi connectivity index (χ1v) is 8.78. The lowest BCUT2D eigenvalue weighted by Crippen LogP contribution is -2.37. The van der Waals surface area contributed by atoms with E-state index in [2.05, 4.69) is 23.1 Å². The molecule has 0 unspecified atom stereocenters. The largest absolute Gasteiger partial charge is 0.362 e. The maximum atomic E-state index is 12.2. The molecule has 1 aliphatic heterocycles. The van der Waals surface area contributed by atoms with Crippen molar-refractivity contribution < 1.29 is 4.79 Å². The van der Waals surface area contributed by atoms with Crippen molar-refractivity contribution in [2.75, 3.05) is 18.0 Å². The molecule has 0 N–H and O–H groups in total. The van der Waals surface area contributed by atoms with Gasteiger partial charge in [0.25, 0.3) is 0 Å². The zero-order chi connectivity index (χ0) is 17.8. The van der Waals surface area contributed by atoms with Crippen molar-refractivity contribution in [2.24, 2.45) is 0 Å². The summed E-state index contributed by atoms with van der Waals surface area (Å²) < 4.78 is 0. The molecule has 1 amide bonds. The highest BCUT2D eigenvalue weighted by molar-refractivity contribution is 6.32. The van der Waals surface area contributed by atoms with E-state index in [0.717, 1.165) is 12.2 Å². The molecule has 128 valence electrons. The minimum atomic E-state index is 0.0941. The molecule has 0 saturated carbocycles. The Balaban J connectivity index is 1.93. The number of rotatable bonds is 5. The average molecular weight is 354 g/mol. The maximum Gasteiger partial charge on any atom is 0.224 e. The first-order valence-electron chi connectivity index (χ1n) is 8.40. The third-order valence-corrected chi connectivity index (χ3v) is 4.93. The van der Waals surface area contributed by atoms with E-state index in [-0.39, 0.29) is 11.9 Å². The summed E-state index contributed by atoms with van der Waals surface area (Å²) in [5.41, 5.74) is 2.57. The Kier molecular flexibility index (Phi) is 5.25. The smallest absolute Gasteiger partial charge is 0.224 e. The van der Waals surface area contributed by atoms with Gasteiger partial charge in [0, 0.05) is 31.7 Å². The highest BCUT2D eigenvalue weighted by Crippen LogP contribution is 2.29. The minimum Gasteiger partial charge on any atom is -0.362 e. The molecule has 0 aromatic heterocycles. The first-order chi connectivity index (χ1) is 12.1. The van der Waals surface area contributed by atoms with E-state index in [1.165, 1.54) is 5.56 Å². The number of nitrogens with zero attached hydrogens (tertiary/aromatic N) is 3. The fourth-order valence-electron chi connectivity index (χ4n) is 3.25. The number of amides is 1. The van der Waals surface area contributed by atoms with Gasteiger partial charge in [-0.3, -0.25) is 4.79 Å². The van der Waals surface area contributed by atoms with Crippen molar-refractivity contribution in [3.8, 4) is 6.07 Å². The fourth-order valence-corrected chi connectivity index (χ4v) is 3.47. The zero-order valence-corrected chi connectivity index (χ0v) is 14.9.